The Morgan fingerprint density at radius 3 is 2.52 bits per heavy atom. The standard InChI is InChI=1S/C15H13F3N2O/c1-9-5-6-12(19)13(7-9)20-14(21)10-3-2-4-11(8-10)15(16,17)18/h2-8H,19H2,1H3,(H,20,21). The highest BCUT2D eigenvalue weighted by Gasteiger charge is 2.30. The number of nitrogens with two attached hydrogens (primary N) is 1. The van der Waals surface area contributed by atoms with E-state index in [1.54, 1.807) is 18.2 Å². The summed E-state index contributed by atoms with van der Waals surface area (Å²) in [5.41, 5.74) is 6.37. The highest BCUT2D eigenvalue weighted by atomic mass is 19.4. The van der Waals surface area contributed by atoms with E-state index in [1.165, 1.54) is 12.1 Å². The van der Waals surface area contributed by atoms with E-state index in [-0.39, 0.29) is 5.56 Å². The van der Waals surface area contributed by atoms with Crippen LogP contribution in [0.25, 0.3) is 0 Å². The quantitative estimate of drug-likeness (QED) is 0.827. The van der Waals surface area contributed by atoms with Crippen molar-refractivity contribution in [1.82, 2.24) is 0 Å². The molecule has 0 saturated carbocycles. The van der Waals surface area contributed by atoms with Crippen molar-refractivity contribution >= 4 is 17.3 Å². The Bertz CT molecular complexity index is 681. The lowest BCUT2D eigenvalue weighted by Crippen LogP contribution is -2.15. The SMILES string of the molecule is Cc1ccc(N)c(NC(=O)c2cccc(C(F)(F)F)c2)c1. The summed E-state index contributed by atoms with van der Waals surface area (Å²) in [6.07, 6.45) is -4.49. The van der Waals surface area contributed by atoms with Crippen LogP contribution in [0.5, 0.6) is 0 Å². The first kappa shape index (κ1) is 14.9. The molecule has 0 unspecified atom stereocenters. The van der Waals surface area contributed by atoms with Crippen LogP contribution in [0.15, 0.2) is 42.5 Å². The van der Waals surface area contributed by atoms with Gasteiger partial charge >= 0.3 is 6.18 Å². The van der Waals surface area contributed by atoms with E-state index in [9.17, 15) is 18.0 Å². The van der Waals surface area contributed by atoms with Crippen molar-refractivity contribution in [2.45, 2.75) is 13.1 Å². The molecule has 6 heteroatoms. The molecule has 0 aliphatic rings. The van der Waals surface area contributed by atoms with E-state index in [1.807, 2.05) is 6.92 Å². The van der Waals surface area contributed by atoms with Gasteiger partial charge in [0.1, 0.15) is 0 Å². The number of carbonyl (C=O) groups excluding carboxylic acids is 1. The van der Waals surface area contributed by atoms with Crippen molar-refractivity contribution < 1.29 is 18.0 Å². The summed E-state index contributed by atoms with van der Waals surface area (Å²) in [5, 5.41) is 2.51. The number of nitrogens with one attached hydrogen (secondary N) is 1. The van der Waals surface area contributed by atoms with E-state index in [4.69, 9.17) is 5.73 Å². The normalized spacial score (nSPS) is 11.2. The van der Waals surface area contributed by atoms with Gasteiger partial charge in [-0.15, -0.1) is 0 Å². The summed E-state index contributed by atoms with van der Waals surface area (Å²) in [4.78, 5) is 12.0. The number of halogens is 3. The molecule has 0 aliphatic heterocycles. The van der Waals surface area contributed by atoms with Gasteiger partial charge in [0.2, 0.25) is 0 Å². The summed E-state index contributed by atoms with van der Waals surface area (Å²) in [5.74, 6) is -0.640. The van der Waals surface area contributed by atoms with Gasteiger partial charge in [-0.1, -0.05) is 12.1 Å². The average Bonchev–Trinajstić information content (AvgIpc) is 2.42. The van der Waals surface area contributed by atoms with Gasteiger partial charge in [0.05, 0.1) is 16.9 Å². The zero-order chi connectivity index (χ0) is 15.6. The number of hydrogen-bond donors (Lipinski definition) is 2. The fourth-order valence-electron chi connectivity index (χ4n) is 1.81. The summed E-state index contributed by atoms with van der Waals surface area (Å²) < 4.78 is 37.9. The monoisotopic (exact) mass is 294 g/mol. The molecule has 0 atom stereocenters. The molecule has 3 N–H and O–H groups in total. The predicted molar refractivity (Wildman–Crippen MR) is 75.0 cm³/mol. The summed E-state index contributed by atoms with van der Waals surface area (Å²) >= 11 is 0. The number of aryl methyl sites for hydroxylation is 1. The predicted octanol–water partition coefficient (Wildman–Crippen LogP) is 3.85. The molecule has 2 aromatic carbocycles. The van der Waals surface area contributed by atoms with E-state index in [0.29, 0.717) is 11.4 Å². The zero-order valence-corrected chi connectivity index (χ0v) is 11.2. The van der Waals surface area contributed by atoms with Crippen molar-refractivity contribution in [3.63, 3.8) is 0 Å². The van der Waals surface area contributed by atoms with Crippen LogP contribution in [-0.2, 0) is 6.18 Å². The molecular formula is C15H13F3N2O. The van der Waals surface area contributed by atoms with Crippen LogP contribution in [0.2, 0.25) is 0 Å². The van der Waals surface area contributed by atoms with Crippen molar-refractivity contribution in [3.05, 3.63) is 59.2 Å². The van der Waals surface area contributed by atoms with Gasteiger partial charge in [0.15, 0.2) is 0 Å². The van der Waals surface area contributed by atoms with Crippen molar-refractivity contribution in [1.29, 1.82) is 0 Å². The van der Waals surface area contributed by atoms with Crippen molar-refractivity contribution in [2.75, 3.05) is 11.1 Å². The minimum Gasteiger partial charge on any atom is -0.397 e. The molecular weight excluding hydrogens is 281 g/mol. The number of hydrogen-bond acceptors (Lipinski definition) is 2. The molecule has 0 saturated heterocycles. The molecule has 0 bridgehead atoms. The second-order valence-electron chi connectivity index (χ2n) is 4.62. The maximum atomic E-state index is 12.6. The third-order valence-electron chi connectivity index (χ3n) is 2.91. The van der Waals surface area contributed by atoms with Crippen LogP contribution in [0.3, 0.4) is 0 Å². The topological polar surface area (TPSA) is 55.1 Å². The minimum atomic E-state index is -4.49. The Hall–Kier alpha value is -2.50. The van der Waals surface area contributed by atoms with E-state index in [0.717, 1.165) is 17.7 Å². The largest absolute Gasteiger partial charge is 0.416 e. The number of benzene rings is 2. The number of anilines is 2. The number of rotatable bonds is 2. The highest BCUT2D eigenvalue weighted by molar-refractivity contribution is 6.05. The van der Waals surface area contributed by atoms with Gasteiger partial charge in [0.25, 0.3) is 5.91 Å². The summed E-state index contributed by atoms with van der Waals surface area (Å²) in [7, 11) is 0. The van der Waals surface area contributed by atoms with E-state index in [2.05, 4.69) is 5.32 Å². The third-order valence-corrected chi connectivity index (χ3v) is 2.91. The molecule has 0 fully saturated rings. The Morgan fingerprint density at radius 1 is 1.14 bits per heavy atom. The van der Waals surface area contributed by atoms with Gasteiger partial charge in [-0.05, 0) is 42.8 Å². The van der Waals surface area contributed by atoms with Crippen LogP contribution in [-0.4, -0.2) is 5.91 Å². The molecule has 0 spiro atoms. The third kappa shape index (κ3) is 3.53. The fraction of sp³-hybridized carbons (Fsp3) is 0.133. The van der Waals surface area contributed by atoms with Crippen LogP contribution < -0.4 is 11.1 Å². The fourth-order valence-corrected chi connectivity index (χ4v) is 1.81. The molecule has 3 nitrogen and oxygen atoms in total. The molecule has 2 rings (SSSR count). The molecule has 21 heavy (non-hydrogen) atoms. The number of amides is 1. The van der Waals surface area contributed by atoms with Gasteiger partial charge in [-0.2, -0.15) is 13.2 Å². The Labute approximate surface area is 119 Å². The molecule has 1 amide bonds. The van der Waals surface area contributed by atoms with Crippen LogP contribution in [0.1, 0.15) is 21.5 Å². The first-order chi connectivity index (χ1) is 9.77. The number of carbonyl (C=O) groups is 1. The molecule has 2 aromatic rings. The van der Waals surface area contributed by atoms with Crippen molar-refractivity contribution in [2.24, 2.45) is 0 Å². The smallest absolute Gasteiger partial charge is 0.397 e. The number of alkyl halides is 3. The van der Waals surface area contributed by atoms with Gasteiger partial charge in [-0.3, -0.25) is 4.79 Å². The first-order valence-corrected chi connectivity index (χ1v) is 6.12. The Balaban J connectivity index is 2.27. The lowest BCUT2D eigenvalue weighted by Gasteiger charge is -2.11. The molecule has 0 radical (unpaired) electrons. The van der Waals surface area contributed by atoms with Gasteiger partial charge in [0, 0.05) is 5.56 Å². The van der Waals surface area contributed by atoms with E-state index < -0.39 is 17.6 Å². The summed E-state index contributed by atoms with van der Waals surface area (Å²) in [6, 6.07) is 9.28. The highest BCUT2D eigenvalue weighted by Crippen LogP contribution is 2.30. The Kier molecular flexibility index (Phi) is 3.88. The lowest BCUT2D eigenvalue weighted by molar-refractivity contribution is -0.137. The van der Waals surface area contributed by atoms with Crippen LogP contribution in [0, 0.1) is 6.92 Å². The lowest BCUT2D eigenvalue weighted by atomic mass is 10.1. The molecule has 110 valence electrons. The molecule has 0 heterocycles. The van der Waals surface area contributed by atoms with Crippen LogP contribution in [0.4, 0.5) is 24.5 Å². The van der Waals surface area contributed by atoms with Crippen molar-refractivity contribution in [3.8, 4) is 0 Å². The maximum absolute atomic E-state index is 12.6. The second kappa shape index (κ2) is 5.47. The number of nitrogen functional groups attached to an aromatic ring is 1. The minimum absolute atomic E-state index is 0.0780. The molecule has 0 aromatic heterocycles. The second-order valence-corrected chi connectivity index (χ2v) is 4.62. The van der Waals surface area contributed by atoms with Gasteiger partial charge < -0.3 is 11.1 Å². The van der Waals surface area contributed by atoms with Gasteiger partial charge in [-0.25, -0.2) is 0 Å². The first-order valence-electron chi connectivity index (χ1n) is 6.12. The average molecular weight is 294 g/mol. The zero-order valence-electron chi connectivity index (χ0n) is 11.2. The van der Waals surface area contributed by atoms with Crippen LogP contribution >= 0.6 is 0 Å². The summed E-state index contributed by atoms with van der Waals surface area (Å²) in [6.45, 7) is 1.82. The Morgan fingerprint density at radius 2 is 1.86 bits per heavy atom. The molecule has 0 aliphatic carbocycles. The van der Waals surface area contributed by atoms with E-state index >= 15 is 0 Å². The maximum Gasteiger partial charge on any atom is 0.416 e.